The fourth-order valence-electron chi connectivity index (χ4n) is 2.27. The fraction of sp³-hybridized carbons (Fsp3) is 1.00. The van der Waals surface area contributed by atoms with E-state index in [1.807, 2.05) is 0 Å². The van der Waals surface area contributed by atoms with Gasteiger partial charge in [0.15, 0.2) is 0 Å². The lowest BCUT2D eigenvalue weighted by molar-refractivity contribution is 0.389. The molecule has 0 heterocycles. The predicted molar refractivity (Wildman–Crippen MR) is 82.1 cm³/mol. The van der Waals surface area contributed by atoms with Crippen LogP contribution in [-0.4, -0.2) is 25.5 Å². The summed E-state index contributed by atoms with van der Waals surface area (Å²) in [6.07, 6.45) is 17.3. The highest BCUT2D eigenvalue weighted by Crippen LogP contribution is 2.11. The van der Waals surface area contributed by atoms with Crippen LogP contribution in [0, 0.1) is 0 Å². The van der Waals surface area contributed by atoms with E-state index in [0.29, 0.717) is 0 Å². The van der Waals surface area contributed by atoms with E-state index in [0.717, 1.165) is 0 Å². The number of halogens is 1. The molecule has 0 aromatic carbocycles. The first-order valence-electron chi connectivity index (χ1n) is 7.92. The smallest absolute Gasteiger partial charge is 0.00248 e. The van der Waals surface area contributed by atoms with Crippen LogP contribution in [0.3, 0.4) is 0 Å². The summed E-state index contributed by atoms with van der Waals surface area (Å²) in [4.78, 5) is 2.29. The molecule has 0 fully saturated rings. The molecule has 0 amide bonds. The van der Waals surface area contributed by atoms with E-state index in [9.17, 15) is 0 Å². The predicted octanol–water partition coefficient (Wildman–Crippen LogP) is 5.40. The van der Waals surface area contributed by atoms with Crippen molar-refractivity contribution in [2.75, 3.05) is 20.6 Å². The third-order valence-electron chi connectivity index (χ3n) is 3.46. The molecule has 0 unspecified atom stereocenters. The van der Waals surface area contributed by atoms with Crippen molar-refractivity contribution in [3.63, 3.8) is 0 Å². The summed E-state index contributed by atoms with van der Waals surface area (Å²) in [6, 6.07) is 0. The standard InChI is InChI=1S/C16H35N.FH/c1-4-5-6-7-8-9-10-11-12-13-14-15-16-17(2)3;/h4-16H2,1-3H3;1H. The summed E-state index contributed by atoms with van der Waals surface area (Å²) in [5, 5.41) is 0. The molecular formula is C16H36FN. The number of hydrogen-bond donors (Lipinski definition) is 0. The summed E-state index contributed by atoms with van der Waals surface area (Å²) >= 11 is 0. The van der Waals surface area contributed by atoms with Gasteiger partial charge in [-0.3, -0.25) is 4.70 Å². The average molecular weight is 261 g/mol. The summed E-state index contributed by atoms with van der Waals surface area (Å²) in [5.41, 5.74) is 0. The van der Waals surface area contributed by atoms with Crippen LogP contribution in [0.1, 0.15) is 84.0 Å². The molecule has 18 heavy (non-hydrogen) atoms. The second-order valence-electron chi connectivity index (χ2n) is 5.69. The van der Waals surface area contributed by atoms with E-state index < -0.39 is 0 Å². The Kier molecular flexibility index (Phi) is 19.0. The van der Waals surface area contributed by atoms with E-state index in [2.05, 4.69) is 25.9 Å². The summed E-state index contributed by atoms with van der Waals surface area (Å²) in [5.74, 6) is 0. The van der Waals surface area contributed by atoms with Crippen LogP contribution >= 0.6 is 0 Å². The summed E-state index contributed by atoms with van der Waals surface area (Å²) in [7, 11) is 4.33. The molecular weight excluding hydrogens is 225 g/mol. The zero-order valence-corrected chi connectivity index (χ0v) is 13.0. The molecule has 0 aromatic heterocycles. The first-order chi connectivity index (χ1) is 8.27. The molecule has 0 rings (SSSR count). The molecule has 0 radical (unpaired) electrons. The van der Waals surface area contributed by atoms with E-state index in [-0.39, 0.29) is 4.70 Å². The SMILES string of the molecule is CCCCCCCCCCCCCCN(C)C.F. The van der Waals surface area contributed by atoms with Crippen molar-refractivity contribution in [1.82, 2.24) is 4.90 Å². The van der Waals surface area contributed by atoms with Gasteiger partial charge in [0.1, 0.15) is 0 Å². The van der Waals surface area contributed by atoms with Crippen molar-refractivity contribution in [1.29, 1.82) is 0 Å². The van der Waals surface area contributed by atoms with Crippen LogP contribution in [0.4, 0.5) is 4.70 Å². The number of hydrogen-bond acceptors (Lipinski definition) is 1. The van der Waals surface area contributed by atoms with Gasteiger partial charge in [-0.25, -0.2) is 0 Å². The zero-order valence-electron chi connectivity index (χ0n) is 13.0. The number of rotatable bonds is 13. The maximum atomic E-state index is 2.29. The molecule has 0 spiro atoms. The van der Waals surface area contributed by atoms with Crippen molar-refractivity contribution in [3.8, 4) is 0 Å². The van der Waals surface area contributed by atoms with Crippen LogP contribution in [0.25, 0.3) is 0 Å². The minimum Gasteiger partial charge on any atom is -0.309 e. The molecule has 2 heteroatoms. The monoisotopic (exact) mass is 261 g/mol. The normalized spacial score (nSPS) is 10.7. The lowest BCUT2D eigenvalue weighted by atomic mass is 10.1. The largest absolute Gasteiger partial charge is 0.309 e. The van der Waals surface area contributed by atoms with Gasteiger partial charge in [-0.2, -0.15) is 0 Å². The summed E-state index contributed by atoms with van der Waals surface area (Å²) < 4.78 is 0. The van der Waals surface area contributed by atoms with Gasteiger partial charge in [0, 0.05) is 0 Å². The molecule has 0 aliphatic heterocycles. The van der Waals surface area contributed by atoms with Crippen LogP contribution in [0.15, 0.2) is 0 Å². The molecule has 0 saturated heterocycles. The molecule has 1 nitrogen and oxygen atoms in total. The molecule has 0 bridgehead atoms. The Balaban J connectivity index is 0. The lowest BCUT2D eigenvalue weighted by Crippen LogP contribution is -2.12. The highest BCUT2D eigenvalue weighted by molar-refractivity contribution is 4.49. The highest BCUT2D eigenvalue weighted by atomic mass is 19.0. The van der Waals surface area contributed by atoms with Gasteiger partial charge < -0.3 is 4.90 Å². The number of unbranched alkanes of at least 4 members (excludes halogenated alkanes) is 11. The van der Waals surface area contributed by atoms with E-state index >= 15 is 0 Å². The van der Waals surface area contributed by atoms with Crippen molar-refractivity contribution < 1.29 is 4.70 Å². The molecule has 0 atom stereocenters. The van der Waals surface area contributed by atoms with Crippen LogP contribution < -0.4 is 0 Å². The maximum Gasteiger partial charge on any atom is -0.00248 e. The molecule has 0 saturated carbocycles. The highest BCUT2D eigenvalue weighted by Gasteiger charge is 1.94. The number of nitrogens with zero attached hydrogens (tertiary/aromatic N) is 1. The van der Waals surface area contributed by atoms with E-state index in [1.54, 1.807) is 0 Å². The fourth-order valence-corrected chi connectivity index (χ4v) is 2.27. The topological polar surface area (TPSA) is 3.24 Å². The second-order valence-corrected chi connectivity index (χ2v) is 5.69. The van der Waals surface area contributed by atoms with E-state index in [4.69, 9.17) is 0 Å². The van der Waals surface area contributed by atoms with Crippen LogP contribution in [0.2, 0.25) is 0 Å². The first-order valence-corrected chi connectivity index (χ1v) is 7.92. The molecule has 0 aliphatic carbocycles. The van der Waals surface area contributed by atoms with Crippen molar-refractivity contribution in [2.24, 2.45) is 0 Å². The first kappa shape index (κ1) is 20.2. The Morgan fingerprint density at radius 2 is 0.889 bits per heavy atom. The van der Waals surface area contributed by atoms with Gasteiger partial charge in [-0.05, 0) is 27.1 Å². The second kappa shape index (κ2) is 16.9. The third-order valence-corrected chi connectivity index (χ3v) is 3.46. The summed E-state index contributed by atoms with van der Waals surface area (Å²) in [6.45, 7) is 3.55. The minimum absolute atomic E-state index is 0. The Labute approximate surface area is 115 Å². The van der Waals surface area contributed by atoms with Gasteiger partial charge in [0.05, 0.1) is 0 Å². The Bertz CT molecular complexity index is 137. The van der Waals surface area contributed by atoms with Gasteiger partial charge in [-0.15, -0.1) is 0 Å². The molecule has 0 aromatic rings. The van der Waals surface area contributed by atoms with Crippen molar-refractivity contribution in [2.45, 2.75) is 84.0 Å². The molecule has 0 N–H and O–H groups in total. The minimum atomic E-state index is 0. The quantitative estimate of drug-likeness (QED) is 0.401. The Morgan fingerprint density at radius 1 is 0.556 bits per heavy atom. The van der Waals surface area contributed by atoms with Gasteiger partial charge in [-0.1, -0.05) is 77.6 Å². The van der Waals surface area contributed by atoms with Crippen molar-refractivity contribution in [3.05, 3.63) is 0 Å². The maximum absolute atomic E-state index is 2.29. The van der Waals surface area contributed by atoms with Gasteiger partial charge >= 0.3 is 0 Å². The Hall–Kier alpha value is -0.110. The molecule has 112 valence electrons. The lowest BCUT2D eigenvalue weighted by Gasteiger charge is -2.08. The molecule has 0 aliphatic rings. The van der Waals surface area contributed by atoms with Gasteiger partial charge in [0.25, 0.3) is 0 Å². The van der Waals surface area contributed by atoms with Gasteiger partial charge in [0.2, 0.25) is 0 Å². The van der Waals surface area contributed by atoms with Crippen LogP contribution in [-0.2, 0) is 0 Å². The van der Waals surface area contributed by atoms with Crippen molar-refractivity contribution >= 4 is 0 Å². The van der Waals surface area contributed by atoms with Crippen LogP contribution in [0.5, 0.6) is 0 Å². The third kappa shape index (κ3) is 18.3. The Morgan fingerprint density at radius 3 is 1.22 bits per heavy atom. The zero-order chi connectivity index (χ0) is 12.8. The average Bonchev–Trinajstić information content (AvgIpc) is 2.30. The van der Waals surface area contributed by atoms with E-state index in [1.165, 1.54) is 83.6 Å².